The number of rotatable bonds is 6. The summed E-state index contributed by atoms with van der Waals surface area (Å²) >= 11 is 0. The lowest BCUT2D eigenvalue weighted by Gasteiger charge is -2.06. The van der Waals surface area contributed by atoms with Gasteiger partial charge in [-0.25, -0.2) is 13.8 Å². The molecule has 4 aromatic rings. The second-order valence-corrected chi connectivity index (χ2v) is 5.86. The van der Waals surface area contributed by atoms with Crippen LogP contribution in [0.25, 0.3) is 10.9 Å². The van der Waals surface area contributed by atoms with Crippen molar-refractivity contribution in [2.45, 2.75) is 19.5 Å². The number of hydrogen-bond acceptors (Lipinski definition) is 4. The van der Waals surface area contributed by atoms with Crippen LogP contribution in [0.1, 0.15) is 5.56 Å². The quantitative estimate of drug-likeness (QED) is 0.574. The monoisotopic (exact) mass is 354 g/mol. The van der Waals surface area contributed by atoms with Crippen LogP contribution in [0.5, 0.6) is 0 Å². The van der Waals surface area contributed by atoms with Gasteiger partial charge in [0.1, 0.15) is 12.4 Å². The molecule has 0 atom stereocenters. The summed E-state index contributed by atoms with van der Waals surface area (Å²) in [6.45, 7) is 0.217. The molecule has 0 aliphatic carbocycles. The fourth-order valence-electron chi connectivity index (χ4n) is 2.73. The second-order valence-electron chi connectivity index (χ2n) is 5.86. The Balaban J connectivity index is 1.57. The molecule has 132 valence electrons. The Morgan fingerprint density at radius 2 is 1.88 bits per heavy atom. The zero-order chi connectivity index (χ0) is 17.9. The van der Waals surface area contributed by atoms with Gasteiger partial charge in [0.15, 0.2) is 5.82 Å². The fourth-order valence-corrected chi connectivity index (χ4v) is 2.73. The smallest absolute Gasteiger partial charge is 0.257 e. The molecule has 0 saturated heterocycles. The standard InChI is InChI=1S/C18H16F2N6/c19-16(20)12-25-7-6-17(24-25)23-18-8-15-14(9-21-18)10-22-26(15)11-13-4-2-1-3-5-13/h1-10,16H,11-12H2,(H,21,23,24). The van der Waals surface area contributed by atoms with Crippen molar-refractivity contribution in [1.82, 2.24) is 24.5 Å². The summed E-state index contributed by atoms with van der Waals surface area (Å²) in [5, 5.41) is 12.5. The van der Waals surface area contributed by atoms with Gasteiger partial charge in [-0.2, -0.15) is 10.2 Å². The molecule has 0 radical (unpaired) electrons. The summed E-state index contributed by atoms with van der Waals surface area (Å²) in [5.74, 6) is 1.04. The highest BCUT2D eigenvalue weighted by Crippen LogP contribution is 2.20. The van der Waals surface area contributed by atoms with E-state index in [0.29, 0.717) is 18.2 Å². The van der Waals surface area contributed by atoms with Crippen LogP contribution in [-0.2, 0) is 13.1 Å². The van der Waals surface area contributed by atoms with Crippen molar-refractivity contribution in [2.75, 3.05) is 5.32 Å². The Kier molecular flexibility index (Phi) is 4.30. The fraction of sp³-hybridized carbons (Fsp3) is 0.167. The summed E-state index contributed by atoms with van der Waals surface area (Å²) in [6.07, 6.45) is 2.56. The number of alkyl halides is 2. The Labute approximate surface area is 148 Å². The van der Waals surface area contributed by atoms with E-state index in [2.05, 4.69) is 20.5 Å². The average molecular weight is 354 g/mol. The predicted molar refractivity (Wildman–Crippen MR) is 94.6 cm³/mol. The van der Waals surface area contributed by atoms with Crippen LogP contribution < -0.4 is 5.32 Å². The van der Waals surface area contributed by atoms with Crippen molar-refractivity contribution in [1.29, 1.82) is 0 Å². The molecule has 0 fully saturated rings. The molecule has 8 heteroatoms. The molecule has 0 amide bonds. The molecule has 4 rings (SSSR count). The summed E-state index contributed by atoms with van der Waals surface area (Å²) in [7, 11) is 0. The number of benzene rings is 1. The van der Waals surface area contributed by atoms with Crippen LogP contribution in [-0.4, -0.2) is 31.0 Å². The van der Waals surface area contributed by atoms with Crippen LogP contribution in [0.3, 0.4) is 0 Å². The van der Waals surface area contributed by atoms with E-state index in [9.17, 15) is 8.78 Å². The van der Waals surface area contributed by atoms with Crippen LogP contribution in [0, 0.1) is 0 Å². The van der Waals surface area contributed by atoms with Gasteiger partial charge in [-0.05, 0) is 5.56 Å². The van der Waals surface area contributed by atoms with Gasteiger partial charge in [-0.1, -0.05) is 30.3 Å². The van der Waals surface area contributed by atoms with E-state index in [1.165, 1.54) is 10.9 Å². The van der Waals surface area contributed by atoms with Gasteiger partial charge >= 0.3 is 0 Å². The van der Waals surface area contributed by atoms with Gasteiger partial charge in [0.2, 0.25) is 0 Å². The van der Waals surface area contributed by atoms with Gasteiger partial charge in [0, 0.05) is 29.9 Å². The van der Waals surface area contributed by atoms with Crippen LogP contribution in [0.2, 0.25) is 0 Å². The number of nitrogens with zero attached hydrogens (tertiary/aromatic N) is 5. The van der Waals surface area contributed by atoms with Crippen LogP contribution >= 0.6 is 0 Å². The minimum Gasteiger partial charge on any atom is -0.323 e. The van der Waals surface area contributed by atoms with Crippen LogP contribution in [0.4, 0.5) is 20.4 Å². The molecule has 0 aliphatic rings. The van der Waals surface area contributed by atoms with E-state index in [1.807, 2.05) is 41.1 Å². The molecule has 0 unspecified atom stereocenters. The van der Waals surface area contributed by atoms with E-state index < -0.39 is 13.0 Å². The highest BCUT2D eigenvalue weighted by atomic mass is 19.3. The van der Waals surface area contributed by atoms with Gasteiger partial charge in [0.25, 0.3) is 6.43 Å². The number of hydrogen-bond donors (Lipinski definition) is 1. The Bertz CT molecular complexity index is 1010. The number of nitrogens with one attached hydrogen (secondary N) is 1. The first kappa shape index (κ1) is 16.2. The molecular formula is C18H16F2N6. The van der Waals surface area contributed by atoms with Gasteiger partial charge in [-0.3, -0.25) is 9.36 Å². The zero-order valence-corrected chi connectivity index (χ0v) is 13.8. The molecular weight excluding hydrogens is 338 g/mol. The Morgan fingerprint density at radius 3 is 2.69 bits per heavy atom. The van der Waals surface area contributed by atoms with Crippen molar-refractivity contribution in [3.05, 3.63) is 66.6 Å². The highest BCUT2D eigenvalue weighted by Gasteiger charge is 2.09. The third-order valence-electron chi connectivity index (χ3n) is 3.92. The molecule has 26 heavy (non-hydrogen) atoms. The molecule has 1 N–H and O–H groups in total. The SMILES string of the molecule is FC(F)Cn1ccc(Nc2cc3c(cn2)cnn3Cc2ccccc2)n1. The minimum absolute atomic E-state index is 0.433. The normalized spacial score (nSPS) is 11.3. The summed E-state index contributed by atoms with van der Waals surface area (Å²) in [4.78, 5) is 4.33. The minimum atomic E-state index is -2.44. The first-order valence-electron chi connectivity index (χ1n) is 8.11. The third kappa shape index (κ3) is 3.53. The number of anilines is 2. The van der Waals surface area contributed by atoms with E-state index >= 15 is 0 Å². The summed E-state index contributed by atoms with van der Waals surface area (Å²) in [6, 6.07) is 13.6. The average Bonchev–Trinajstić information content (AvgIpc) is 3.22. The maximum absolute atomic E-state index is 12.4. The lowest BCUT2D eigenvalue weighted by Crippen LogP contribution is -2.07. The molecule has 1 aromatic carbocycles. The Morgan fingerprint density at radius 1 is 1.04 bits per heavy atom. The van der Waals surface area contributed by atoms with Gasteiger partial charge in [-0.15, -0.1) is 0 Å². The number of pyridine rings is 1. The van der Waals surface area contributed by atoms with Crippen molar-refractivity contribution in [3.63, 3.8) is 0 Å². The number of fused-ring (bicyclic) bond motifs is 1. The molecule has 3 aromatic heterocycles. The van der Waals surface area contributed by atoms with E-state index in [-0.39, 0.29) is 0 Å². The van der Waals surface area contributed by atoms with E-state index in [0.717, 1.165) is 16.5 Å². The topological polar surface area (TPSA) is 60.6 Å². The molecule has 0 saturated carbocycles. The summed E-state index contributed by atoms with van der Waals surface area (Å²) in [5.41, 5.74) is 2.08. The summed E-state index contributed by atoms with van der Waals surface area (Å²) < 4.78 is 27.9. The molecule has 3 heterocycles. The maximum Gasteiger partial charge on any atom is 0.257 e. The van der Waals surface area contributed by atoms with E-state index in [4.69, 9.17) is 0 Å². The Hall–Kier alpha value is -3.29. The van der Waals surface area contributed by atoms with Crippen molar-refractivity contribution in [3.8, 4) is 0 Å². The second kappa shape index (κ2) is 6.91. The number of aromatic nitrogens is 5. The highest BCUT2D eigenvalue weighted by molar-refractivity contribution is 5.80. The van der Waals surface area contributed by atoms with E-state index in [1.54, 1.807) is 18.5 Å². The molecule has 0 aliphatic heterocycles. The van der Waals surface area contributed by atoms with Gasteiger partial charge in [0.05, 0.1) is 18.3 Å². The predicted octanol–water partition coefficient (Wildman–Crippen LogP) is 3.68. The van der Waals surface area contributed by atoms with Gasteiger partial charge < -0.3 is 5.32 Å². The lowest BCUT2D eigenvalue weighted by atomic mass is 10.2. The molecule has 0 spiro atoms. The largest absolute Gasteiger partial charge is 0.323 e. The lowest BCUT2D eigenvalue weighted by molar-refractivity contribution is 0.122. The maximum atomic E-state index is 12.4. The number of halogens is 2. The van der Waals surface area contributed by atoms with Crippen LogP contribution in [0.15, 0.2) is 61.1 Å². The molecule has 0 bridgehead atoms. The molecule has 6 nitrogen and oxygen atoms in total. The zero-order valence-electron chi connectivity index (χ0n) is 13.8. The van der Waals surface area contributed by atoms with Crippen molar-refractivity contribution < 1.29 is 8.78 Å². The third-order valence-corrected chi connectivity index (χ3v) is 3.92. The van der Waals surface area contributed by atoms with Crippen molar-refractivity contribution in [2.24, 2.45) is 0 Å². The van der Waals surface area contributed by atoms with Crippen molar-refractivity contribution >= 4 is 22.5 Å². The first-order chi connectivity index (χ1) is 12.7. The first-order valence-corrected chi connectivity index (χ1v) is 8.11.